The molecule has 2 heteroatoms. The van der Waals surface area contributed by atoms with Crippen molar-refractivity contribution in [3.8, 4) is 44.5 Å². The molecule has 0 unspecified atom stereocenters. The number of anilines is 3. The van der Waals surface area contributed by atoms with Crippen LogP contribution < -0.4 is 4.90 Å². The van der Waals surface area contributed by atoms with Gasteiger partial charge in [0, 0.05) is 37.2 Å². The van der Waals surface area contributed by atoms with Gasteiger partial charge in [0.2, 0.25) is 0 Å². The van der Waals surface area contributed by atoms with Crippen LogP contribution in [0.15, 0.2) is 224 Å². The highest BCUT2D eigenvalue weighted by molar-refractivity contribution is 7.26. The summed E-state index contributed by atoms with van der Waals surface area (Å²) in [4.78, 5) is 2.39. The van der Waals surface area contributed by atoms with Gasteiger partial charge in [0.1, 0.15) is 0 Å². The standard InChI is InChI=1S/C56H37NS/c1-2-10-38(11-3-1)40-20-23-44(24-21-40)52-18-9-19-54-53-35-34-49(37-55(53)58-56(52)54)57(47-30-26-41(27-31-47)46-25-22-39-12-4-5-14-45(39)36-46)48-32-28-43(29-33-48)51-17-8-15-42-13-6-7-16-50(42)51/h1-37H. The molecule has 1 nitrogen and oxygen atoms in total. The second kappa shape index (κ2) is 14.4. The molecule has 1 heterocycles. The van der Waals surface area contributed by atoms with Gasteiger partial charge in [-0.15, -0.1) is 11.3 Å². The molecule has 0 fully saturated rings. The van der Waals surface area contributed by atoms with Crippen molar-refractivity contribution in [3.63, 3.8) is 0 Å². The fraction of sp³-hybridized carbons (Fsp3) is 0. The van der Waals surface area contributed by atoms with Gasteiger partial charge >= 0.3 is 0 Å². The van der Waals surface area contributed by atoms with Crippen molar-refractivity contribution in [2.24, 2.45) is 0 Å². The lowest BCUT2D eigenvalue weighted by Gasteiger charge is -2.26. The molecule has 0 aliphatic rings. The molecule has 0 amide bonds. The first-order valence-electron chi connectivity index (χ1n) is 19.8. The third-order valence-corrected chi connectivity index (χ3v) is 12.7. The second-order valence-corrected chi connectivity index (χ2v) is 16.0. The zero-order valence-electron chi connectivity index (χ0n) is 31.7. The fourth-order valence-corrected chi connectivity index (χ4v) is 9.78. The molecule has 0 bridgehead atoms. The van der Waals surface area contributed by atoms with Gasteiger partial charge in [-0.25, -0.2) is 0 Å². The highest BCUT2D eigenvalue weighted by Gasteiger charge is 2.17. The summed E-state index contributed by atoms with van der Waals surface area (Å²) in [6.07, 6.45) is 0. The van der Waals surface area contributed by atoms with Crippen LogP contribution in [-0.2, 0) is 0 Å². The van der Waals surface area contributed by atoms with E-state index < -0.39 is 0 Å². The minimum absolute atomic E-state index is 1.11. The molecule has 11 rings (SSSR count). The van der Waals surface area contributed by atoms with E-state index >= 15 is 0 Å². The summed E-state index contributed by atoms with van der Waals surface area (Å²) in [7, 11) is 0. The van der Waals surface area contributed by atoms with Gasteiger partial charge < -0.3 is 4.90 Å². The van der Waals surface area contributed by atoms with E-state index in [2.05, 4.69) is 229 Å². The molecule has 0 N–H and O–H groups in total. The highest BCUT2D eigenvalue weighted by atomic mass is 32.1. The molecule has 0 atom stereocenters. The van der Waals surface area contributed by atoms with Gasteiger partial charge in [-0.05, 0) is 109 Å². The summed E-state index contributed by atoms with van der Waals surface area (Å²) in [6.45, 7) is 0. The number of hydrogen-bond donors (Lipinski definition) is 0. The van der Waals surface area contributed by atoms with Crippen molar-refractivity contribution in [1.29, 1.82) is 0 Å². The quantitative estimate of drug-likeness (QED) is 0.157. The lowest BCUT2D eigenvalue weighted by Crippen LogP contribution is -2.09. The fourth-order valence-electron chi connectivity index (χ4n) is 8.51. The van der Waals surface area contributed by atoms with E-state index in [0.717, 1.165) is 17.1 Å². The molecule has 0 saturated heterocycles. The molecule has 0 spiro atoms. The SMILES string of the molecule is c1ccc(-c2ccc(-c3cccc4c3sc3cc(N(c5ccc(-c6ccc7ccccc7c6)cc5)c5ccc(-c6cccc7ccccc67)cc5)ccc34)cc2)cc1. The van der Waals surface area contributed by atoms with E-state index in [-0.39, 0.29) is 0 Å². The number of nitrogens with zero attached hydrogens (tertiary/aromatic N) is 1. The van der Waals surface area contributed by atoms with Crippen molar-refractivity contribution in [1.82, 2.24) is 0 Å². The summed E-state index contributed by atoms with van der Waals surface area (Å²) < 4.78 is 2.58. The molecule has 0 saturated carbocycles. The molecule has 0 aliphatic carbocycles. The summed E-state index contributed by atoms with van der Waals surface area (Å²) in [5.41, 5.74) is 13.2. The third kappa shape index (κ3) is 6.12. The van der Waals surface area contributed by atoms with Crippen molar-refractivity contribution < 1.29 is 0 Å². The zero-order chi connectivity index (χ0) is 38.4. The third-order valence-electron chi connectivity index (χ3n) is 11.5. The van der Waals surface area contributed by atoms with Crippen LogP contribution in [0.25, 0.3) is 86.2 Å². The maximum Gasteiger partial charge on any atom is 0.0476 e. The van der Waals surface area contributed by atoms with E-state index in [1.807, 2.05) is 11.3 Å². The number of fused-ring (bicyclic) bond motifs is 5. The minimum atomic E-state index is 1.11. The van der Waals surface area contributed by atoms with Crippen LogP contribution in [-0.4, -0.2) is 0 Å². The highest BCUT2D eigenvalue weighted by Crippen LogP contribution is 2.44. The largest absolute Gasteiger partial charge is 0.310 e. The Balaban J connectivity index is 1.00. The topological polar surface area (TPSA) is 3.24 Å². The normalized spacial score (nSPS) is 11.4. The smallest absolute Gasteiger partial charge is 0.0476 e. The Bertz CT molecular complexity index is 3250. The maximum atomic E-state index is 2.39. The molecule has 272 valence electrons. The van der Waals surface area contributed by atoms with Crippen LogP contribution in [0.1, 0.15) is 0 Å². The Morgan fingerprint density at radius 3 is 1.59 bits per heavy atom. The minimum Gasteiger partial charge on any atom is -0.310 e. The molecular formula is C56H37NS. The summed E-state index contributed by atoms with van der Waals surface area (Å²) >= 11 is 1.88. The lowest BCUT2D eigenvalue weighted by atomic mass is 9.98. The molecule has 0 aliphatic heterocycles. The van der Waals surface area contributed by atoms with E-state index in [4.69, 9.17) is 0 Å². The summed E-state index contributed by atoms with van der Waals surface area (Å²) in [5, 5.41) is 7.60. The Hall–Kier alpha value is -7.26. The first-order chi connectivity index (χ1) is 28.7. The Labute approximate surface area is 342 Å². The number of rotatable bonds is 7. The van der Waals surface area contributed by atoms with Crippen LogP contribution >= 0.6 is 11.3 Å². The summed E-state index contributed by atoms with van der Waals surface area (Å²) in [6, 6.07) is 81.9. The molecule has 10 aromatic carbocycles. The van der Waals surface area contributed by atoms with Crippen molar-refractivity contribution in [3.05, 3.63) is 224 Å². The number of thiophene rings is 1. The maximum absolute atomic E-state index is 2.39. The van der Waals surface area contributed by atoms with Crippen molar-refractivity contribution in [2.45, 2.75) is 0 Å². The van der Waals surface area contributed by atoms with Gasteiger partial charge in [0.15, 0.2) is 0 Å². The molecule has 11 aromatic rings. The van der Waals surface area contributed by atoms with E-state index in [0.29, 0.717) is 0 Å². The van der Waals surface area contributed by atoms with E-state index in [9.17, 15) is 0 Å². The first kappa shape index (κ1) is 34.0. The van der Waals surface area contributed by atoms with Gasteiger partial charge in [-0.2, -0.15) is 0 Å². The lowest BCUT2D eigenvalue weighted by molar-refractivity contribution is 1.29. The van der Waals surface area contributed by atoms with Gasteiger partial charge in [0.25, 0.3) is 0 Å². The van der Waals surface area contributed by atoms with Gasteiger partial charge in [-0.3, -0.25) is 0 Å². The van der Waals surface area contributed by atoms with Crippen LogP contribution in [0.2, 0.25) is 0 Å². The summed E-state index contributed by atoms with van der Waals surface area (Å²) in [5.74, 6) is 0. The van der Waals surface area contributed by atoms with Crippen LogP contribution in [0.5, 0.6) is 0 Å². The Kier molecular flexibility index (Phi) is 8.42. The first-order valence-corrected chi connectivity index (χ1v) is 20.6. The second-order valence-electron chi connectivity index (χ2n) is 14.9. The predicted molar refractivity (Wildman–Crippen MR) is 251 cm³/mol. The zero-order valence-corrected chi connectivity index (χ0v) is 32.5. The van der Waals surface area contributed by atoms with Crippen LogP contribution in [0.4, 0.5) is 17.1 Å². The van der Waals surface area contributed by atoms with Crippen LogP contribution in [0, 0.1) is 0 Å². The molecule has 58 heavy (non-hydrogen) atoms. The average molecular weight is 756 g/mol. The molecule has 0 radical (unpaired) electrons. The predicted octanol–water partition coefficient (Wildman–Crippen LogP) is 16.5. The van der Waals surface area contributed by atoms with Crippen LogP contribution in [0.3, 0.4) is 0 Å². The Morgan fingerprint density at radius 1 is 0.276 bits per heavy atom. The van der Waals surface area contributed by atoms with Gasteiger partial charge in [-0.1, -0.05) is 182 Å². The Morgan fingerprint density at radius 2 is 0.793 bits per heavy atom. The average Bonchev–Trinajstić information content (AvgIpc) is 3.68. The van der Waals surface area contributed by atoms with E-state index in [1.165, 1.54) is 86.2 Å². The number of benzene rings is 10. The monoisotopic (exact) mass is 755 g/mol. The molecular weight excluding hydrogens is 719 g/mol. The molecule has 1 aromatic heterocycles. The van der Waals surface area contributed by atoms with Gasteiger partial charge in [0.05, 0.1) is 0 Å². The van der Waals surface area contributed by atoms with Crippen molar-refractivity contribution in [2.75, 3.05) is 4.90 Å². The van der Waals surface area contributed by atoms with Crippen molar-refractivity contribution >= 4 is 70.1 Å². The number of hydrogen-bond acceptors (Lipinski definition) is 2. The van der Waals surface area contributed by atoms with E-state index in [1.54, 1.807) is 0 Å².